The van der Waals surface area contributed by atoms with Crippen molar-refractivity contribution in [2.75, 3.05) is 5.75 Å². The van der Waals surface area contributed by atoms with E-state index in [2.05, 4.69) is 25.9 Å². The topological polar surface area (TPSA) is 122 Å². The highest BCUT2D eigenvalue weighted by Gasteiger charge is 2.47. The van der Waals surface area contributed by atoms with Gasteiger partial charge in [-0.05, 0) is 37.6 Å². The molecule has 1 fully saturated rings. The van der Waals surface area contributed by atoms with Crippen LogP contribution >= 0.6 is 11.8 Å². The lowest BCUT2D eigenvalue weighted by atomic mass is 10.00. The van der Waals surface area contributed by atoms with Gasteiger partial charge in [0.25, 0.3) is 5.91 Å². The second-order valence-electron chi connectivity index (χ2n) is 7.30. The van der Waals surface area contributed by atoms with Gasteiger partial charge in [0.05, 0.1) is 5.75 Å². The average Bonchev–Trinajstić information content (AvgIpc) is 3.34. The van der Waals surface area contributed by atoms with Gasteiger partial charge in [-0.15, -0.1) is 10.2 Å². The van der Waals surface area contributed by atoms with Gasteiger partial charge < -0.3 is 5.32 Å². The number of hydrogen-bond donors (Lipinski definition) is 2. The lowest BCUT2D eigenvalue weighted by Gasteiger charge is -2.19. The minimum Gasteiger partial charge on any atom is -0.322 e. The summed E-state index contributed by atoms with van der Waals surface area (Å²) in [6.45, 7) is 3.41. The average molecular weight is 452 g/mol. The maximum Gasteiger partial charge on any atom is 0.344 e. The Labute approximate surface area is 188 Å². The maximum atomic E-state index is 12.5. The van der Waals surface area contributed by atoms with Crippen LogP contribution in [-0.2, 0) is 9.59 Å². The second-order valence-corrected chi connectivity index (χ2v) is 8.24. The number of nitrogens with one attached hydrogen (secondary N) is 2. The number of imide groups is 1. The van der Waals surface area contributed by atoms with Crippen molar-refractivity contribution in [3.05, 3.63) is 54.9 Å². The first kappa shape index (κ1) is 21.5. The Morgan fingerprint density at radius 1 is 1.16 bits per heavy atom. The van der Waals surface area contributed by atoms with E-state index in [0.717, 1.165) is 28.0 Å². The Morgan fingerprint density at radius 3 is 2.59 bits per heavy atom. The molecule has 2 N–H and O–H groups in total. The van der Waals surface area contributed by atoms with Crippen LogP contribution in [0.5, 0.6) is 0 Å². The van der Waals surface area contributed by atoms with E-state index in [1.165, 1.54) is 0 Å². The van der Waals surface area contributed by atoms with Crippen LogP contribution in [0.15, 0.2) is 60.0 Å². The van der Waals surface area contributed by atoms with E-state index in [-0.39, 0.29) is 5.75 Å². The number of urea groups is 1. The lowest BCUT2D eigenvalue weighted by molar-refractivity contribution is -0.137. The number of amides is 4. The number of benzene rings is 1. The van der Waals surface area contributed by atoms with Gasteiger partial charge in [-0.25, -0.2) is 4.79 Å². The summed E-state index contributed by atoms with van der Waals surface area (Å²) in [6.07, 6.45) is 3.77. The van der Waals surface area contributed by atoms with Gasteiger partial charge in [0, 0.05) is 23.6 Å². The molecule has 4 rings (SSSR count). The summed E-state index contributed by atoms with van der Waals surface area (Å²) in [5.74, 6) is -0.489. The van der Waals surface area contributed by atoms with Crippen LogP contribution in [-0.4, -0.2) is 53.9 Å². The number of thioether (sulfide) groups is 1. The van der Waals surface area contributed by atoms with Crippen LogP contribution in [0, 0.1) is 0 Å². The van der Waals surface area contributed by atoms with Gasteiger partial charge in [0.15, 0.2) is 11.0 Å². The summed E-state index contributed by atoms with van der Waals surface area (Å²) in [7, 11) is 0. The first-order chi connectivity index (χ1) is 15.4. The quantitative estimate of drug-likeness (QED) is 0.417. The van der Waals surface area contributed by atoms with E-state index in [1.807, 2.05) is 47.0 Å². The minimum atomic E-state index is -1.02. The van der Waals surface area contributed by atoms with Gasteiger partial charge in [-0.1, -0.05) is 36.9 Å². The molecule has 4 amide bonds. The van der Waals surface area contributed by atoms with Crippen molar-refractivity contribution in [1.82, 2.24) is 35.5 Å². The molecule has 0 saturated carbocycles. The van der Waals surface area contributed by atoms with Crippen molar-refractivity contribution >= 4 is 29.6 Å². The molecular weight excluding hydrogens is 430 g/mol. The molecule has 0 bridgehead atoms. The molecule has 0 radical (unpaired) electrons. The monoisotopic (exact) mass is 451 g/mol. The molecule has 0 spiro atoms. The summed E-state index contributed by atoms with van der Waals surface area (Å²) in [5, 5.41) is 12.4. The first-order valence-electron chi connectivity index (χ1n) is 9.93. The first-order valence-corrected chi connectivity index (χ1v) is 10.9. The summed E-state index contributed by atoms with van der Waals surface area (Å²) in [5.41, 5.74) is 2.96. The Hall–Kier alpha value is -3.73. The Bertz CT molecular complexity index is 1150. The number of hydrogen-bond acceptors (Lipinski definition) is 7. The number of carbonyl (C=O) groups is 3. The highest BCUT2D eigenvalue weighted by molar-refractivity contribution is 7.99. The van der Waals surface area contributed by atoms with E-state index in [1.54, 1.807) is 26.2 Å². The normalized spacial score (nSPS) is 18.0. The molecule has 1 atom stereocenters. The lowest BCUT2D eigenvalue weighted by Crippen LogP contribution is -2.49. The van der Waals surface area contributed by atoms with Crippen LogP contribution < -0.4 is 10.7 Å². The molecule has 32 heavy (non-hydrogen) atoms. The molecular formula is C21H21N7O3S. The summed E-state index contributed by atoms with van der Waals surface area (Å²) in [4.78, 5) is 41.2. The highest BCUT2D eigenvalue weighted by Crippen LogP contribution is 2.27. The van der Waals surface area contributed by atoms with E-state index < -0.39 is 23.4 Å². The zero-order valence-electron chi connectivity index (χ0n) is 17.5. The molecule has 1 aliphatic heterocycles. The van der Waals surface area contributed by atoms with E-state index >= 15 is 0 Å². The third-order valence-electron chi connectivity index (χ3n) is 5.10. The fourth-order valence-corrected chi connectivity index (χ4v) is 3.91. The van der Waals surface area contributed by atoms with Crippen molar-refractivity contribution in [1.29, 1.82) is 0 Å². The third kappa shape index (κ3) is 4.06. The van der Waals surface area contributed by atoms with Crippen LogP contribution in [0.2, 0.25) is 0 Å². The largest absolute Gasteiger partial charge is 0.344 e. The zero-order chi connectivity index (χ0) is 22.7. The molecule has 1 aliphatic rings. The van der Waals surface area contributed by atoms with Crippen molar-refractivity contribution in [3.63, 3.8) is 0 Å². The smallest absolute Gasteiger partial charge is 0.322 e. The molecule has 3 heterocycles. The predicted molar refractivity (Wildman–Crippen MR) is 118 cm³/mol. The van der Waals surface area contributed by atoms with E-state index in [0.29, 0.717) is 17.4 Å². The summed E-state index contributed by atoms with van der Waals surface area (Å²) in [6, 6.07) is 12.5. The fraction of sp³-hybridized carbons (Fsp3) is 0.238. The minimum absolute atomic E-state index is 0.0715. The zero-order valence-corrected chi connectivity index (χ0v) is 18.3. The Balaban J connectivity index is 1.53. The third-order valence-corrected chi connectivity index (χ3v) is 6.03. The molecule has 1 aromatic carbocycles. The molecule has 0 unspecified atom stereocenters. The molecule has 10 nitrogen and oxygen atoms in total. The summed E-state index contributed by atoms with van der Waals surface area (Å²) < 4.78 is 1.83. The fourth-order valence-electron chi connectivity index (χ4n) is 3.17. The molecule has 164 valence electrons. The molecule has 1 saturated heterocycles. The molecule has 2 aromatic heterocycles. The van der Waals surface area contributed by atoms with E-state index in [9.17, 15) is 14.4 Å². The number of pyridine rings is 1. The van der Waals surface area contributed by atoms with Crippen molar-refractivity contribution < 1.29 is 14.4 Å². The van der Waals surface area contributed by atoms with Crippen molar-refractivity contribution in [2.45, 2.75) is 31.0 Å². The summed E-state index contributed by atoms with van der Waals surface area (Å²) >= 11 is 1.14. The number of rotatable bonds is 7. The van der Waals surface area contributed by atoms with Gasteiger partial charge in [-0.3, -0.25) is 24.6 Å². The Morgan fingerprint density at radius 2 is 1.94 bits per heavy atom. The van der Waals surface area contributed by atoms with Crippen LogP contribution in [0.4, 0.5) is 4.79 Å². The number of hydrazine groups is 1. The number of carbonyl (C=O) groups excluding carboxylic acids is 3. The molecule has 0 aliphatic carbocycles. The van der Waals surface area contributed by atoms with Crippen LogP contribution in [0.3, 0.4) is 0 Å². The Kier molecular flexibility index (Phi) is 5.91. The second kappa shape index (κ2) is 8.79. The SMILES string of the molecule is CC[C@]1(C)NC(=O)N(NC(=O)CSc2nnc(-c3cccnc3)n2-c2ccccc2)C1=O. The molecule has 3 aromatic rings. The molecule has 11 heteroatoms. The number of aromatic nitrogens is 4. The van der Waals surface area contributed by atoms with Crippen LogP contribution in [0.25, 0.3) is 17.1 Å². The highest BCUT2D eigenvalue weighted by atomic mass is 32.2. The predicted octanol–water partition coefficient (Wildman–Crippen LogP) is 2.17. The van der Waals surface area contributed by atoms with E-state index in [4.69, 9.17) is 0 Å². The standard InChI is InChI=1S/C21H21N7O3S/c1-3-21(2)18(30)28(19(31)23-21)26-16(29)13-32-20-25-24-17(14-8-7-11-22-12-14)27(20)15-9-5-4-6-10-15/h4-12H,3,13H2,1-2H3,(H,23,31)(H,26,29)/t21-/m0/s1. The van der Waals surface area contributed by atoms with Crippen molar-refractivity contribution in [2.24, 2.45) is 0 Å². The number of nitrogens with zero attached hydrogens (tertiary/aromatic N) is 5. The maximum absolute atomic E-state index is 12.5. The number of para-hydroxylation sites is 1. The van der Waals surface area contributed by atoms with Gasteiger partial charge in [0.2, 0.25) is 5.91 Å². The van der Waals surface area contributed by atoms with Gasteiger partial charge in [0.1, 0.15) is 5.54 Å². The van der Waals surface area contributed by atoms with Crippen molar-refractivity contribution in [3.8, 4) is 17.1 Å². The van der Waals surface area contributed by atoms with Gasteiger partial charge in [-0.2, -0.15) is 5.01 Å². The van der Waals surface area contributed by atoms with Crippen LogP contribution in [0.1, 0.15) is 20.3 Å². The van der Waals surface area contributed by atoms with Gasteiger partial charge >= 0.3 is 6.03 Å².